The van der Waals surface area contributed by atoms with Gasteiger partial charge in [-0.05, 0) is 22.6 Å². The highest BCUT2D eigenvalue weighted by molar-refractivity contribution is 7.07. The van der Waals surface area contributed by atoms with Crippen molar-refractivity contribution in [1.29, 1.82) is 0 Å². The summed E-state index contributed by atoms with van der Waals surface area (Å²) in [5.74, 6) is 0.750. The summed E-state index contributed by atoms with van der Waals surface area (Å²) in [7, 11) is 0. The molecule has 17 heavy (non-hydrogen) atoms. The van der Waals surface area contributed by atoms with Gasteiger partial charge < -0.3 is 5.32 Å². The van der Waals surface area contributed by atoms with Crippen molar-refractivity contribution in [2.75, 3.05) is 11.9 Å². The van der Waals surface area contributed by atoms with Crippen molar-refractivity contribution >= 4 is 22.8 Å². The molecule has 0 aliphatic rings. The van der Waals surface area contributed by atoms with E-state index >= 15 is 0 Å². The lowest BCUT2D eigenvalue weighted by molar-refractivity contribution is 0.733. The second kappa shape index (κ2) is 4.42. The van der Waals surface area contributed by atoms with Gasteiger partial charge >= 0.3 is 0 Å². The molecule has 3 rings (SSSR count). The maximum Gasteiger partial charge on any atom is 0.200 e. The first-order valence-electron chi connectivity index (χ1n) is 5.08. The summed E-state index contributed by atoms with van der Waals surface area (Å²) >= 11 is 1.60. The first kappa shape index (κ1) is 10.1. The molecule has 0 amide bonds. The van der Waals surface area contributed by atoms with Crippen molar-refractivity contribution in [3.8, 4) is 0 Å². The number of anilines is 1. The SMILES string of the molecule is c1nc(CCNc2ccc3nnnn3n2)cs1. The van der Waals surface area contributed by atoms with E-state index in [1.165, 1.54) is 4.63 Å². The first-order chi connectivity index (χ1) is 8.42. The second-order valence-electron chi connectivity index (χ2n) is 3.40. The predicted molar refractivity (Wildman–Crippen MR) is 62.9 cm³/mol. The van der Waals surface area contributed by atoms with Crippen LogP contribution in [0.1, 0.15) is 5.69 Å². The van der Waals surface area contributed by atoms with Gasteiger partial charge in [0.05, 0.1) is 11.2 Å². The summed E-state index contributed by atoms with van der Waals surface area (Å²) in [5, 5.41) is 20.5. The molecule has 0 unspecified atom stereocenters. The van der Waals surface area contributed by atoms with E-state index in [2.05, 4.69) is 30.9 Å². The normalized spacial score (nSPS) is 10.8. The number of hydrogen-bond acceptors (Lipinski definition) is 7. The van der Waals surface area contributed by atoms with Crippen molar-refractivity contribution in [2.24, 2.45) is 0 Å². The molecule has 0 fully saturated rings. The van der Waals surface area contributed by atoms with E-state index < -0.39 is 0 Å². The largest absolute Gasteiger partial charge is 0.368 e. The van der Waals surface area contributed by atoms with Crippen LogP contribution in [-0.4, -0.2) is 36.8 Å². The van der Waals surface area contributed by atoms with Crippen LogP contribution in [0.15, 0.2) is 23.0 Å². The highest BCUT2D eigenvalue weighted by Gasteiger charge is 2.00. The molecule has 7 nitrogen and oxygen atoms in total. The Morgan fingerprint density at radius 2 is 2.35 bits per heavy atom. The monoisotopic (exact) mass is 247 g/mol. The van der Waals surface area contributed by atoms with Crippen LogP contribution in [0.5, 0.6) is 0 Å². The molecule has 0 radical (unpaired) electrons. The molecule has 0 saturated heterocycles. The zero-order chi connectivity index (χ0) is 11.5. The topological polar surface area (TPSA) is 80.9 Å². The van der Waals surface area contributed by atoms with Crippen LogP contribution in [-0.2, 0) is 6.42 Å². The molecular weight excluding hydrogens is 238 g/mol. The minimum absolute atomic E-state index is 0.634. The summed E-state index contributed by atoms with van der Waals surface area (Å²) in [4.78, 5) is 4.21. The Morgan fingerprint density at radius 1 is 1.35 bits per heavy atom. The quantitative estimate of drug-likeness (QED) is 0.728. The number of thiazole rings is 1. The van der Waals surface area contributed by atoms with E-state index in [1.54, 1.807) is 11.3 Å². The minimum atomic E-state index is 0.634. The number of tetrazole rings is 1. The lowest BCUT2D eigenvalue weighted by atomic mass is 10.3. The standard InChI is InChI=1S/C9H9N7S/c1-2-9-12-14-15-16(9)13-8(1)10-4-3-7-5-17-6-11-7/h1-2,5-6H,3-4H2,(H,10,13). The molecule has 0 aromatic carbocycles. The molecule has 0 aliphatic carbocycles. The Labute approximate surface area is 100 Å². The maximum absolute atomic E-state index is 4.21. The average Bonchev–Trinajstić information content (AvgIpc) is 2.98. The summed E-state index contributed by atoms with van der Waals surface area (Å²) < 4.78 is 1.39. The number of nitrogens with zero attached hydrogens (tertiary/aromatic N) is 6. The lowest BCUT2D eigenvalue weighted by Gasteiger charge is -2.03. The average molecular weight is 247 g/mol. The van der Waals surface area contributed by atoms with E-state index in [-0.39, 0.29) is 0 Å². The zero-order valence-electron chi connectivity index (χ0n) is 8.82. The molecule has 0 spiro atoms. The number of hydrogen-bond donors (Lipinski definition) is 1. The molecule has 0 atom stereocenters. The van der Waals surface area contributed by atoms with Gasteiger partial charge in [-0.3, -0.25) is 0 Å². The fourth-order valence-electron chi connectivity index (χ4n) is 1.42. The molecule has 0 bridgehead atoms. The van der Waals surface area contributed by atoms with Crippen molar-refractivity contribution in [3.05, 3.63) is 28.7 Å². The summed E-state index contributed by atoms with van der Waals surface area (Å²) in [6.07, 6.45) is 0.874. The Morgan fingerprint density at radius 3 is 3.24 bits per heavy atom. The van der Waals surface area contributed by atoms with Gasteiger partial charge in [0.25, 0.3) is 0 Å². The van der Waals surface area contributed by atoms with Crippen molar-refractivity contribution in [1.82, 2.24) is 30.2 Å². The molecule has 1 N–H and O–H groups in total. The summed E-state index contributed by atoms with van der Waals surface area (Å²) in [5.41, 5.74) is 3.56. The molecular formula is C9H9N7S. The first-order valence-corrected chi connectivity index (χ1v) is 6.02. The van der Waals surface area contributed by atoms with E-state index in [0.717, 1.165) is 24.5 Å². The number of nitrogens with one attached hydrogen (secondary N) is 1. The van der Waals surface area contributed by atoms with Crippen LogP contribution in [0.3, 0.4) is 0 Å². The maximum atomic E-state index is 4.21. The zero-order valence-corrected chi connectivity index (χ0v) is 9.63. The van der Waals surface area contributed by atoms with Crippen LogP contribution >= 0.6 is 11.3 Å². The van der Waals surface area contributed by atoms with Gasteiger partial charge in [0.2, 0.25) is 0 Å². The molecule has 0 saturated carbocycles. The number of rotatable bonds is 4. The number of aromatic nitrogens is 6. The van der Waals surface area contributed by atoms with Gasteiger partial charge in [0.1, 0.15) is 5.82 Å². The van der Waals surface area contributed by atoms with Crippen LogP contribution in [0.4, 0.5) is 5.82 Å². The fraction of sp³-hybridized carbons (Fsp3) is 0.222. The third kappa shape index (κ3) is 2.21. The Kier molecular flexibility index (Phi) is 2.62. The van der Waals surface area contributed by atoms with Gasteiger partial charge in [0.15, 0.2) is 5.65 Å². The molecule has 3 aromatic rings. The third-order valence-electron chi connectivity index (χ3n) is 2.24. The molecule has 8 heteroatoms. The highest BCUT2D eigenvalue weighted by Crippen LogP contribution is 2.05. The summed E-state index contributed by atoms with van der Waals surface area (Å²) in [6, 6.07) is 3.67. The van der Waals surface area contributed by atoms with E-state index in [4.69, 9.17) is 0 Å². The van der Waals surface area contributed by atoms with Crippen LogP contribution in [0, 0.1) is 0 Å². The second-order valence-corrected chi connectivity index (χ2v) is 4.12. The van der Waals surface area contributed by atoms with Gasteiger partial charge in [-0.1, -0.05) is 0 Å². The Bertz CT molecular complexity index is 603. The lowest BCUT2D eigenvalue weighted by Crippen LogP contribution is -2.08. The van der Waals surface area contributed by atoms with Crippen molar-refractivity contribution < 1.29 is 0 Å². The van der Waals surface area contributed by atoms with E-state index in [1.807, 2.05) is 23.0 Å². The minimum Gasteiger partial charge on any atom is -0.368 e. The third-order valence-corrected chi connectivity index (χ3v) is 2.88. The Hall–Kier alpha value is -2.09. The van der Waals surface area contributed by atoms with Crippen LogP contribution in [0.2, 0.25) is 0 Å². The molecule has 3 aromatic heterocycles. The molecule has 0 aliphatic heterocycles. The highest BCUT2D eigenvalue weighted by atomic mass is 32.1. The van der Waals surface area contributed by atoms with Crippen LogP contribution in [0.25, 0.3) is 5.65 Å². The van der Waals surface area contributed by atoms with Crippen molar-refractivity contribution in [2.45, 2.75) is 6.42 Å². The smallest absolute Gasteiger partial charge is 0.200 e. The number of fused-ring (bicyclic) bond motifs is 1. The predicted octanol–water partition coefficient (Wildman–Crippen LogP) is 0.630. The molecule has 3 heterocycles. The Balaban J connectivity index is 1.64. The van der Waals surface area contributed by atoms with E-state index in [9.17, 15) is 0 Å². The van der Waals surface area contributed by atoms with Gasteiger partial charge in [-0.25, -0.2) is 4.98 Å². The van der Waals surface area contributed by atoms with E-state index in [0.29, 0.717) is 5.65 Å². The van der Waals surface area contributed by atoms with Crippen LogP contribution < -0.4 is 5.32 Å². The van der Waals surface area contributed by atoms with Crippen molar-refractivity contribution in [3.63, 3.8) is 0 Å². The van der Waals surface area contributed by atoms with Gasteiger partial charge in [0, 0.05) is 18.3 Å². The van der Waals surface area contributed by atoms with Gasteiger partial charge in [-0.15, -0.1) is 26.2 Å². The molecule has 86 valence electrons. The summed E-state index contributed by atoms with van der Waals surface area (Å²) in [6.45, 7) is 0.782. The fourth-order valence-corrected chi connectivity index (χ4v) is 2.02. The van der Waals surface area contributed by atoms with Gasteiger partial charge in [-0.2, -0.15) is 0 Å².